The number of alkyl halides is 3. The highest BCUT2D eigenvalue weighted by Gasteiger charge is 2.31. The zero-order valence-electron chi connectivity index (χ0n) is 16.3. The van der Waals surface area contributed by atoms with Gasteiger partial charge in [-0.25, -0.2) is 9.78 Å². The fourth-order valence-electron chi connectivity index (χ4n) is 2.55. The number of carbonyl (C=O) groups is 2. The summed E-state index contributed by atoms with van der Waals surface area (Å²) in [6.45, 7) is -0.763. The van der Waals surface area contributed by atoms with Gasteiger partial charge in [-0.05, 0) is 35.9 Å². The Bertz CT molecular complexity index is 1140. The van der Waals surface area contributed by atoms with Crippen LogP contribution in [-0.4, -0.2) is 29.7 Å². The molecule has 0 aliphatic rings. The van der Waals surface area contributed by atoms with E-state index in [4.69, 9.17) is 16.3 Å². The molecular weight excluding hydrogens is 447 g/mol. The van der Waals surface area contributed by atoms with Crippen molar-refractivity contribution in [1.29, 1.82) is 0 Å². The van der Waals surface area contributed by atoms with Gasteiger partial charge in [-0.15, -0.1) is 0 Å². The molecular formula is C22H15ClF3N3O3. The SMILES string of the molecule is O=C(OCC(=O)N(/N=C/c1ccccc1)c1cccc(C(F)(F)F)c1)c1ccnc(Cl)c1. The van der Waals surface area contributed by atoms with E-state index in [1.54, 1.807) is 30.3 Å². The van der Waals surface area contributed by atoms with Crippen LogP contribution in [0.2, 0.25) is 5.15 Å². The van der Waals surface area contributed by atoms with E-state index in [1.165, 1.54) is 30.6 Å². The van der Waals surface area contributed by atoms with E-state index in [2.05, 4.69) is 10.1 Å². The van der Waals surface area contributed by atoms with Crippen molar-refractivity contribution in [2.24, 2.45) is 5.10 Å². The number of carbonyl (C=O) groups excluding carboxylic acids is 2. The van der Waals surface area contributed by atoms with E-state index in [1.807, 2.05) is 0 Å². The molecule has 0 saturated heterocycles. The monoisotopic (exact) mass is 461 g/mol. The molecule has 0 aliphatic carbocycles. The number of hydrogen-bond acceptors (Lipinski definition) is 5. The number of hydrogen-bond donors (Lipinski definition) is 0. The molecule has 0 saturated carbocycles. The number of rotatable bonds is 6. The minimum atomic E-state index is -4.61. The van der Waals surface area contributed by atoms with Gasteiger partial charge in [0.2, 0.25) is 0 Å². The molecule has 3 rings (SSSR count). The van der Waals surface area contributed by atoms with Crippen LogP contribution in [0.1, 0.15) is 21.5 Å². The van der Waals surface area contributed by atoms with E-state index in [9.17, 15) is 22.8 Å². The summed E-state index contributed by atoms with van der Waals surface area (Å²) in [5.41, 5.74) is -0.414. The van der Waals surface area contributed by atoms with Gasteiger partial charge in [0.1, 0.15) is 5.15 Å². The van der Waals surface area contributed by atoms with Gasteiger partial charge in [0, 0.05) is 6.20 Å². The molecule has 10 heteroatoms. The number of pyridine rings is 1. The van der Waals surface area contributed by atoms with Crippen molar-refractivity contribution in [3.8, 4) is 0 Å². The van der Waals surface area contributed by atoms with E-state index in [0.717, 1.165) is 23.2 Å². The number of anilines is 1. The predicted octanol–water partition coefficient (Wildman–Crippen LogP) is 4.98. The van der Waals surface area contributed by atoms with Gasteiger partial charge in [0.25, 0.3) is 5.91 Å². The Hall–Kier alpha value is -3.72. The largest absolute Gasteiger partial charge is 0.452 e. The third-order valence-electron chi connectivity index (χ3n) is 4.07. The molecule has 2 aromatic carbocycles. The molecule has 0 aliphatic heterocycles. The molecule has 0 fully saturated rings. The first-order valence-corrected chi connectivity index (χ1v) is 9.50. The molecule has 0 bridgehead atoms. The van der Waals surface area contributed by atoms with Crippen LogP contribution in [0.25, 0.3) is 0 Å². The maximum atomic E-state index is 13.1. The third-order valence-corrected chi connectivity index (χ3v) is 4.27. The molecule has 0 spiro atoms. The number of benzene rings is 2. The number of amides is 1. The molecule has 1 aromatic heterocycles. The van der Waals surface area contributed by atoms with Crippen LogP contribution in [0, 0.1) is 0 Å². The molecule has 0 radical (unpaired) electrons. The van der Waals surface area contributed by atoms with Gasteiger partial charge in [-0.3, -0.25) is 4.79 Å². The summed E-state index contributed by atoms with van der Waals surface area (Å²) in [5, 5.41) is 4.83. The van der Waals surface area contributed by atoms with Gasteiger partial charge < -0.3 is 4.74 Å². The molecule has 1 heterocycles. The maximum Gasteiger partial charge on any atom is 0.416 e. The van der Waals surface area contributed by atoms with Crippen LogP contribution in [0.5, 0.6) is 0 Å². The number of hydrazone groups is 1. The number of aromatic nitrogens is 1. The smallest absolute Gasteiger partial charge is 0.416 e. The Morgan fingerprint density at radius 3 is 2.50 bits per heavy atom. The first-order chi connectivity index (χ1) is 15.2. The van der Waals surface area contributed by atoms with Crippen LogP contribution in [0.15, 0.2) is 78.0 Å². The van der Waals surface area contributed by atoms with Crippen molar-refractivity contribution in [3.63, 3.8) is 0 Å². The average Bonchev–Trinajstić information content (AvgIpc) is 2.78. The normalized spacial score (nSPS) is 11.4. The van der Waals surface area contributed by atoms with Crippen molar-refractivity contribution in [2.75, 3.05) is 11.6 Å². The van der Waals surface area contributed by atoms with Crippen molar-refractivity contribution in [1.82, 2.24) is 4.98 Å². The first-order valence-electron chi connectivity index (χ1n) is 9.12. The van der Waals surface area contributed by atoms with Gasteiger partial charge in [0.05, 0.1) is 23.0 Å². The summed E-state index contributed by atoms with van der Waals surface area (Å²) in [4.78, 5) is 28.6. The Labute approximate surface area is 185 Å². The molecule has 32 heavy (non-hydrogen) atoms. The van der Waals surface area contributed by atoms with Gasteiger partial charge >= 0.3 is 12.1 Å². The second-order valence-electron chi connectivity index (χ2n) is 6.35. The highest BCUT2D eigenvalue weighted by Crippen LogP contribution is 2.31. The quantitative estimate of drug-likeness (QED) is 0.225. The first kappa shape index (κ1) is 23.0. The van der Waals surface area contributed by atoms with Crippen LogP contribution < -0.4 is 5.01 Å². The van der Waals surface area contributed by atoms with E-state index < -0.39 is 30.2 Å². The second-order valence-corrected chi connectivity index (χ2v) is 6.74. The number of esters is 1. The summed E-state index contributed by atoms with van der Waals surface area (Å²) in [7, 11) is 0. The summed E-state index contributed by atoms with van der Waals surface area (Å²) in [6, 6.07) is 15.4. The lowest BCUT2D eigenvalue weighted by Gasteiger charge is -2.18. The summed E-state index contributed by atoms with van der Waals surface area (Å²) >= 11 is 5.73. The Kier molecular flexibility index (Phi) is 7.21. The van der Waals surface area contributed by atoms with Crippen LogP contribution in [-0.2, 0) is 15.7 Å². The van der Waals surface area contributed by atoms with E-state index in [-0.39, 0.29) is 16.4 Å². The predicted molar refractivity (Wildman–Crippen MR) is 112 cm³/mol. The van der Waals surface area contributed by atoms with Crippen molar-refractivity contribution in [2.45, 2.75) is 6.18 Å². The van der Waals surface area contributed by atoms with Gasteiger partial charge in [0.15, 0.2) is 6.61 Å². The molecule has 0 atom stereocenters. The average molecular weight is 462 g/mol. The highest BCUT2D eigenvalue weighted by molar-refractivity contribution is 6.29. The molecule has 3 aromatic rings. The molecule has 164 valence electrons. The topological polar surface area (TPSA) is 71.9 Å². The van der Waals surface area contributed by atoms with E-state index in [0.29, 0.717) is 5.56 Å². The van der Waals surface area contributed by atoms with Gasteiger partial charge in [-0.1, -0.05) is 48.0 Å². The zero-order valence-corrected chi connectivity index (χ0v) is 17.0. The number of nitrogens with zero attached hydrogens (tertiary/aromatic N) is 3. The lowest BCUT2D eigenvalue weighted by atomic mass is 10.2. The van der Waals surface area contributed by atoms with Crippen LogP contribution >= 0.6 is 11.6 Å². The fraction of sp³-hybridized carbons (Fsp3) is 0.0909. The standard InChI is InChI=1S/C22H15ClF3N3O3/c23-19-11-16(9-10-27-19)21(31)32-14-20(30)29(28-13-15-5-2-1-3-6-15)18-8-4-7-17(12-18)22(24,25)26/h1-13H,14H2/b28-13+. The molecule has 6 nitrogen and oxygen atoms in total. The molecule has 0 N–H and O–H groups in total. The molecule has 1 amide bonds. The van der Waals surface area contributed by atoms with Crippen LogP contribution in [0.3, 0.4) is 0 Å². The van der Waals surface area contributed by atoms with Crippen molar-refractivity contribution in [3.05, 3.63) is 94.8 Å². The Morgan fingerprint density at radius 2 is 1.81 bits per heavy atom. The van der Waals surface area contributed by atoms with Gasteiger partial charge in [-0.2, -0.15) is 23.3 Å². The summed E-state index contributed by atoms with van der Waals surface area (Å²) < 4.78 is 44.4. The fourth-order valence-corrected chi connectivity index (χ4v) is 2.73. The minimum Gasteiger partial charge on any atom is -0.452 e. The summed E-state index contributed by atoms with van der Waals surface area (Å²) in [6.07, 6.45) is -2.01. The minimum absolute atomic E-state index is 0.0591. The second kappa shape index (κ2) is 10.1. The lowest BCUT2D eigenvalue weighted by molar-refractivity contribution is -0.137. The van der Waals surface area contributed by atoms with E-state index >= 15 is 0 Å². The molecule has 0 unspecified atom stereocenters. The van der Waals surface area contributed by atoms with Crippen LogP contribution in [0.4, 0.5) is 18.9 Å². The van der Waals surface area contributed by atoms with Crippen molar-refractivity contribution < 1.29 is 27.5 Å². The third kappa shape index (κ3) is 6.14. The Morgan fingerprint density at radius 1 is 1.06 bits per heavy atom. The lowest BCUT2D eigenvalue weighted by Crippen LogP contribution is -2.31. The number of halogens is 4. The summed E-state index contributed by atoms with van der Waals surface area (Å²) in [5.74, 6) is -1.70. The maximum absolute atomic E-state index is 13.1. The number of ether oxygens (including phenoxy) is 1. The zero-order chi connectivity index (χ0) is 23.1. The highest BCUT2D eigenvalue weighted by atomic mass is 35.5. The van der Waals surface area contributed by atoms with Crippen molar-refractivity contribution >= 4 is 35.4 Å². The Balaban J connectivity index is 1.84.